The van der Waals surface area contributed by atoms with Crippen LogP contribution in [0.15, 0.2) is 18.3 Å². The molecule has 1 amide bonds. The van der Waals surface area contributed by atoms with Gasteiger partial charge in [-0.2, -0.15) is 0 Å². The Balaban J connectivity index is 1.88. The number of carboxylic acids is 1. The Hall–Kier alpha value is -1.86. The lowest BCUT2D eigenvalue weighted by molar-refractivity contribution is -0.137. The van der Waals surface area contributed by atoms with Gasteiger partial charge in [0.15, 0.2) is 0 Å². The molecular weight excluding hydrogens is 252 g/mol. The number of ether oxygens (including phenoxy) is 2. The number of amides is 1. The van der Waals surface area contributed by atoms with Gasteiger partial charge >= 0.3 is 5.97 Å². The van der Waals surface area contributed by atoms with Crippen LogP contribution in [0.2, 0.25) is 0 Å². The Labute approximate surface area is 110 Å². The SMILES string of the molecule is O=C(O)Cn1cccc1C(=O)NCC1COCCO1. The molecule has 7 heteroatoms. The molecule has 1 aromatic rings. The zero-order valence-corrected chi connectivity index (χ0v) is 10.4. The Bertz CT molecular complexity index is 451. The molecule has 7 nitrogen and oxygen atoms in total. The minimum atomic E-state index is -0.991. The second kappa shape index (κ2) is 6.35. The van der Waals surface area contributed by atoms with Crippen molar-refractivity contribution in [3.8, 4) is 0 Å². The van der Waals surface area contributed by atoms with Crippen LogP contribution in [0.25, 0.3) is 0 Å². The van der Waals surface area contributed by atoms with Crippen LogP contribution < -0.4 is 5.32 Å². The highest BCUT2D eigenvalue weighted by Crippen LogP contribution is 2.04. The molecule has 104 valence electrons. The highest BCUT2D eigenvalue weighted by atomic mass is 16.6. The standard InChI is InChI=1S/C12H16N2O5/c15-11(16)7-14-3-1-2-10(14)12(17)13-6-9-8-18-4-5-19-9/h1-3,9H,4-8H2,(H,13,17)(H,15,16). The van der Waals surface area contributed by atoms with Crippen LogP contribution in [0.4, 0.5) is 0 Å². The summed E-state index contributed by atoms with van der Waals surface area (Å²) < 4.78 is 12.0. The monoisotopic (exact) mass is 268 g/mol. The second-order valence-electron chi connectivity index (χ2n) is 4.19. The molecule has 2 N–H and O–H groups in total. The number of aromatic nitrogens is 1. The molecule has 0 aromatic carbocycles. The molecule has 1 saturated heterocycles. The zero-order chi connectivity index (χ0) is 13.7. The van der Waals surface area contributed by atoms with Crippen molar-refractivity contribution in [3.63, 3.8) is 0 Å². The second-order valence-corrected chi connectivity index (χ2v) is 4.19. The number of carboxylic acid groups (broad SMARTS) is 1. The fourth-order valence-electron chi connectivity index (χ4n) is 1.86. The van der Waals surface area contributed by atoms with E-state index in [1.165, 1.54) is 4.57 Å². The maximum absolute atomic E-state index is 11.9. The van der Waals surface area contributed by atoms with E-state index < -0.39 is 5.97 Å². The Morgan fingerprint density at radius 1 is 1.47 bits per heavy atom. The lowest BCUT2D eigenvalue weighted by atomic mass is 10.3. The fraction of sp³-hybridized carbons (Fsp3) is 0.500. The molecule has 1 aliphatic heterocycles. The van der Waals surface area contributed by atoms with Gasteiger partial charge in [-0.05, 0) is 12.1 Å². The quantitative estimate of drug-likeness (QED) is 0.766. The first-order chi connectivity index (χ1) is 9.16. The molecule has 1 atom stereocenters. The molecular formula is C12H16N2O5. The molecule has 1 fully saturated rings. The summed E-state index contributed by atoms with van der Waals surface area (Å²) in [6.07, 6.45) is 1.41. The van der Waals surface area contributed by atoms with Crippen molar-refractivity contribution in [2.24, 2.45) is 0 Å². The first-order valence-electron chi connectivity index (χ1n) is 6.01. The van der Waals surface area contributed by atoms with Crippen LogP contribution in [0.3, 0.4) is 0 Å². The van der Waals surface area contributed by atoms with Crippen LogP contribution in [-0.2, 0) is 20.8 Å². The average Bonchev–Trinajstić information content (AvgIpc) is 2.84. The van der Waals surface area contributed by atoms with Crippen LogP contribution >= 0.6 is 0 Å². The lowest BCUT2D eigenvalue weighted by Crippen LogP contribution is -2.40. The number of aliphatic carboxylic acids is 1. The highest BCUT2D eigenvalue weighted by molar-refractivity contribution is 5.93. The number of carbonyl (C=O) groups is 2. The third kappa shape index (κ3) is 3.80. The fourth-order valence-corrected chi connectivity index (χ4v) is 1.86. The number of carbonyl (C=O) groups excluding carboxylic acids is 1. The average molecular weight is 268 g/mol. The van der Waals surface area contributed by atoms with E-state index in [4.69, 9.17) is 14.6 Å². The van der Waals surface area contributed by atoms with Gasteiger partial charge in [-0.25, -0.2) is 0 Å². The summed E-state index contributed by atoms with van der Waals surface area (Å²) in [5, 5.41) is 11.4. The normalized spacial score (nSPS) is 19.1. The van der Waals surface area contributed by atoms with E-state index in [1.807, 2.05) is 0 Å². The van der Waals surface area contributed by atoms with Crippen molar-refractivity contribution >= 4 is 11.9 Å². The lowest BCUT2D eigenvalue weighted by Gasteiger charge is -2.23. The minimum Gasteiger partial charge on any atom is -0.480 e. The maximum Gasteiger partial charge on any atom is 0.323 e. The van der Waals surface area contributed by atoms with Gasteiger partial charge in [0.05, 0.1) is 25.9 Å². The van der Waals surface area contributed by atoms with Gasteiger partial charge in [0.25, 0.3) is 5.91 Å². The first-order valence-corrected chi connectivity index (χ1v) is 6.01. The molecule has 19 heavy (non-hydrogen) atoms. The van der Waals surface area contributed by atoms with Gasteiger partial charge in [-0.1, -0.05) is 0 Å². The molecule has 0 spiro atoms. The van der Waals surface area contributed by atoms with E-state index in [0.29, 0.717) is 32.1 Å². The molecule has 1 aliphatic rings. The van der Waals surface area contributed by atoms with E-state index in [2.05, 4.69) is 5.32 Å². The van der Waals surface area contributed by atoms with E-state index in [0.717, 1.165) is 0 Å². The number of hydrogen-bond donors (Lipinski definition) is 2. The molecule has 1 aromatic heterocycles. The van der Waals surface area contributed by atoms with Gasteiger partial charge in [0.1, 0.15) is 12.2 Å². The summed E-state index contributed by atoms with van der Waals surface area (Å²) in [5.41, 5.74) is 0.319. The van der Waals surface area contributed by atoms with Crippen LogP contribution in [-0.4, -0.2) is 54.0 Å². The van der Waals surface area contributed by atoms with Crippen LogP contribution in [0.1, 0.15) is 10.5 Å². The van der Waals surface area contributed by atoms with Crippen molar-refractivity contribution in [3.05, 3.63) is 24.0 Å². The molecule has 1 unspecified atom stereocenters. The smallest absolute Gasteiger partial charge is 0.323 e. The maximum atomic E-state index is 11.9. The summed E-state index contributed by atoms with van der Waals surface area (Å²) in [4.78, 5) is 22.6. The van der Waals surface area contributed by atoms with Crippen molar-refractivity contribution < 1.29 is 24.2 Å². The Kier molecular flexibility index (Phi) is 4.53. The summed E-state index contributed by atoms with van der Waals surface area (Å²) in [6.45, 7) is 1.66. The summed E-state index contributed by atoms with van der Waals surface area (Å²) in [6, 6.07) is 3.22. The summed E-state index contributed by atoms with van der Waals surface area (Å²) in [7, 11) is 0. The molecule has 0 radical (unpaired) electrons. The van der Waals surface area contributed by atoms with E-state index in [9.17, 15) is 9.59 Å². The molecule has 0 aliphatic carbocycles. The van der Waals surface area contributed by atoms with Crippen molar-refractivity contribution in [2.45, 2.75) is 12.6 Å². The van der Waals surface area contributed by atoms with Crippen molar-refractivity contribution in [2.75, 3.05) is 26.4 Å². The third-order valence-electron chi connectivity index (χ3n) is 2.74. The molecule has 2 rings (SSSR count). The summed E-state index contributed by atoms with van der Waals surface area (Å²) in [5.74, 6) is -1.31. The number of nitrogens with one attached hydrogen (secondary N) is 1. The highest BCUT2D eigenvalue weighted by Gasteiger charge is 2.17. The van der Waals surface area contributed by atoms with Crippen molar-refractivity contribution in [1.29, 1.82) is 0 Å². The van der Waals surface area contributed by atoms with Crippen molar-refractivity contribution in [1.82, 2.24) is 9.88 Å². The van der Waals surface area contributed by atoms with Crippen LogP contribution in [0, 0.1) is 0 Å². The Morgan fingerprint density at radius 2 is 2.32 bits per heavy atom. The molecule has 2 heterocycles. The van der Waals surface area contributed by atoms with Gasteiger partial charge < -0.3 is 24.5 Å². The predicted molar refractivity (Wildman–Crippen MR) is 65.0 cm³/mol. The number of rotatable bonds is 5. The Morgan fingerprint density at radius 3 is 3.00 bits per heavy atom. The largest absolute Gasteiger partial charge is 0.480 e. The van der Waals surface area contributed by atoms with Gasteiger partial charge in [-0.3, -0.25) is 9.59 Å². The van der Waals surface area contributed by atoms with Crippen LogP contribution in [0.5, 0.6) is 0 Å². The topological polar surface area (TPSA) is 89.8 Å². The minimum absolute atomic E-state index is 0.152. The molecule has 0 saturated carbocycles. The van der Waals surface area contributed by atoms with E-state index in [1.54, 1.807) is 18.3 Å². The zero-order valence-electron chi connectivity index (χ0n) is 10.4. The summed E-state index contributed by atoms with van der Waals surface area (Å²) >= 11 is 0. The number of hydrogen-bond acceptors (Lipinski definition) is 4. The van der Waals surface area contributed by atoms with E-state index >= 15 is 0 Å². The first kappa shape index (κ1) is 13.6. The van der Waals surface area contributed by atoms with Gasteiger partial charge in [-0.15, -0.1) is 0 Å². The molecule has 0 bridgehead atoms. The number of nitrogens with zero attached hydrogens (tertiary/aromatic N) is 1. The van der Waals surface area contributed by atoms with Gasteiger partial charge in [0, 0.05) is 12.7 Å². The third-order valence-corrected chi connectivity index (χ3v) is 2.74. The van der Waals surface area contributed by atoms with Gasteiger partial charge in [0.2, 0.25) is 0 Å². The predicted octanol–water partition coefficient (Wildman–Crippen LogP) is -0.282. The van der Waals surface area contributed by atoms with E-state index in [-0.39, 0.29) is 18.6 Å².